The number of likely N-dealkylation sites (tertiary alicyclic amines) is 1. The third-order valence-corrected chi connectivity index (χ3v) is 11.2. The third-order valence-electron chi connectivity index (χ3n) is 9.78. The Labute approximate surface area is 262 Å². The Morgan fingerprint density at radius 1 is 1.11 bits per heavy atom. The number of ether oxygens (including phenoxy) is 1. The van der Waals surface area contributed by atoms with E-state index in [1.54, 1.807) is 24.2 Å². The van der Waals surface area contributed by atoms with Gasteiger partial charge in [-0.25, -0.2) is 17.5 Å². The second-order valence-electron chi connectivity index (χ2n) is 13.2. The second kappa shape index (κ2) is 13.7. The number of carbonyl (C=O) groups is 1. The van der Waals surface area contributed by atoms with Crippen LogP contribution in [0.4, 0.5) is 10.1 Å². The highest BCUT2D eigenvalue weighted by Crippen LogP contribution is 2.46. The number of pyridine rings is 1. The first-order chi connectivity index (χ1) is 21.0. The van der Waals surface area contributed by atoms with Crippen LogP contribution in [0, 0.1) is 17.2 Å². The number of benzene rings is 1. The number of hydrogen-bond acceptors (Lipinski definition) is 7. The summed E-state index contributed by atoms with van der Waals surface area (Å²) in [4.78, 5) is 24.2. The van der Waals surface area contributed by atoms with Crippen molar-refractivity contribution in [1.82, 2.24) is 19.5 Å². The number of rotatable bonds is 11. The summed E-state index contributed by atoms with van der Waals surface area (Å²) >= 11 is 0. The number of nitrogens with one attached hydrogen (secondary N) is 1. The highest BCUT2D eigenvalue weighted by molar-refractivity contribution is 7.89. The van der Waals surface area contributed by atoms with Gasteiger partial charge in [0.05, 0.1) is 23.2 Å². The Kier molecular flexibility index (Phi) is 10.2. The van der Waals surface area contributed by atoms with Gasteiger partial charge in [-0.2, -0.15) is 0 Å². The molecule has 0 bridgehead atoms. The normalized spacial score (nSPS) is 22.2. The maximum absolute atomic E-state index is 14.3. The lowest BCUT2D eigenvalue weighted by Crippen LogP contribution is -2.60. The van der Waals surface area contributed by atoms with Gasteiger partial charge < -0.3 is 19.4 Å². The van der Waals surface area contributed by atoms with Crippen LogP contribution in [0.5, 0.6) is 11.5 Å². The van der Waals surface area contributed by atoms with Crippen LogP contribution >= 0.6 is 0 Å². The van der Waals surface area contributed by atoms with E-state index in [1.165, 1.54) is 18.2 Å². The van der Waals surface area contributed by atoms with Crippen molar-refractivity contribution in [3.63, 3.8) is 0 Å². The molecule has 3 heterocycles. The molecule has 2 aromatic rings. The number of sulfonamides is 1. The molecule has 3 aliphatic rings. The quantitative estimate of drug-likeness (QED) is 0.361. The zero-order valence-corrected chi connectivity index (χ0v) is 27.4. The SMILES string of the molecule is CCN(C(=O)c1cc(F)ccc1Oc1cnccc1N1CC2(CCN(CC3CCC(NS(=O)(=O)CC)CC3)CC2)C1)C(C)C. The molecule has 0 atom stereocenters. The predicted octanol–water partition coefficient (Wildman–Crippen LogP) is 5.28. The second-order valence-corrected chi connectivity index (χ2v) is 15.2. The van der Waals surface area contributed by atoms with Gasteiger partial charge in [-0.1, -0.05) is 0 Å². The molecule has 11 heteroatoms. The Balaban J connectivity index is 1.16. The number of carbonyl (C=O) groups excluding carboxylic acids is 1. The molecule has 1 aromatic heterocycles. The van der Waals surface area contributed by atoms with E-state index in [-0.39, 0.29) is 34.7 Å². The number of halogens is 1. The molecule has 1 amide bonds. The number of piperidine rings is 1. The van der Waals surface area contributed by atoms with Gasteiger partial charge in [0.25, 0.3) is 5.91 Å². The summed E-state index contributed by atoms with van der Waals surface area (Å²) in [5, 5.41) is 0. The average molecular weight is 630 g/mol. The molecule has 1 aliphatic carbocycles. The standard InChI is InChI=1S/C33H48FN5O4S/c1-5-39(24(3)4)32(40)28-19-26(34)9-12-30(28)43-31-20-35-16-13-29(31)38-22-33(23-38)14-17-37(18-15-33)21-25-7-10-27(11-8-25)36-44(41,42)6-2/h9,12-13,16,19-20,24-25,27,36H,5-8,10-11,14-15,17-18,21-23H2,1-4H3. The Morgan fingerprint density at radius 3 is 2.45 bits per heavy atom. The van der Waals surface area contributed by atoms with E-state index in [9.17, 15) is 17.6 Å². The van der Waals surface area contributed by atoms with Crippen molar-refractivity contribution in [1.29, 1.82) is 0 Å². The van der Waals surface area contributed by atoms with Gasteiger partial charge in [-0.15, -0.1) is 0 Å². The fraction of sp³-hybridized carbons (Fsp3) is 0.636. The maximum Gasteiger partial charge on any atom is 0.257 e. The fourth-order valence-electron chi connectivity index (χ4n) is 7.11. The van der Waals surface area contributed by atoms with Gasteiger partial charge >= 0.3 is 0 Å². The van der Waals surface area contributed by atoms with E-state index >= 15 is 0 Å². The lowest BCUT2D eigenvalue weighted by molar-refractivity contribution is 0.0622. The zero-order valence-electron chi connectivity index (χ0n) is 26.6. The van der Waals surface area contributed by atoms with Gasteiger partial charge in [0.1, 0.15) is 11.6 Å². The summed E-state index contributed by atoms with van der Waals surface area (Å²) in [7, 11) is -3.14. The summed E-state index contributed by atoms with van der Waals surface area (Å²) in [6, 6.07) is 6.11. The van der Waals surface area contributed by atoms with Gasteiger partial charge in [-0.3, -0.25) is 9.78 Å². The van der Waals surface area contributed by atoms with Crippen molar-refractivity contribution in [3.05, 3.63) is 48.0 Å². The van der Waals surface area contributed by atoms with Crippen LogP contribution in [0.25, 0.3) is 0 Å². The van der Waals surface area contributed by atoms with Gasteiger partial charge in [0, 0.05) is 49.9 Å². The van der Waals surface area contributed by atoms with E-state index in [0.29, 0.717) is 24.0 Å². The molecule has 1 saturated carbocycles. The fourth-order valence-corrected chi connectivity index (χ4v) is 8.02. The van der Waals surface area contributed by atoms with Gasteiger partial charge in [-0.05, 0) is 109 Å². The first-order valence-corrected chi connectivity index (χ1v) is 17.9. The number of amides is 1. The van der Waals surface area contributed by atoms with E-state index in [2.05, 4.69) is 19.5 Å². The largest absolute Gasteiger partial charge is 0.453 e. The monoisotopic (exact) mass is 629 g/mol. The van der Waals surface area contributed by atoms with Gasteiger partial charge in [0.2, 0.25) is 10.0 Å². The molecule has 44 heavy (non-hydrogen) atoms. The van der Waals surface area contributed by atoms with Crippen LogP contribution in [0.3, 0.4) is 0 Å². The van der Waals surface area contributed by atoms with Crippen LogP contribution in [0.15, 0.2) is 36.7 Å². The van der Waals surface area contributed by atoms with Crippen molar-refractivity contribution in [2.45, 2.75) is 78.3 Å². The lowest BCUT2D eigenvalue weighted by Gasteiger charge is -2.55. The number of anilines is 1. The molecule has 0 radical (unpaired) electrons. The van der Waals surface area contributed by atoms with Crippen LogP contribution in [-0.4, -0.2) is 86.2 Å². The summed E-state index contributed by atoms with van der Waals surface area (Å²) in [5.41, 5.74) is 1.42. The van der Waals surface area contributed by atoms with E-state index in [4.69, 9.17) is 4.74 Å². The molecule has 5 rings (SSSR count). The van der Waals surface area contributed by atoms with Crippen molar-refractivity contribution in [3.8, 4) is 11.5 Å². The predicted molar refractivity (Wildman–Crippen MR) is 171 cm³/mol. The van der Waals surface area contributed by atoms with Crippen LogP contribution < -0.4 is 14.4 Å². The Bertz CT molecular complexity index is 1400. The van der Waals surface area contributed by atoms with Crippen LogP contribution in [0.2, 0.25) is 0 Å². The first-order valence-electron chi connectivity index (χ1n) is 16.2. The minimum absolute atomic E-state index is 0.0229. The summed E-state index contributed by atoms with van der Waals surface area (Å²) < 4.78 is 47.3. The van der Waals surface area contributed by atoms with Crippen LogP contribution in [0.1, 0.15) is 76.6 Å². The maximum atomic E-state index is 14.3. The topological polar surface area (TPSA) is 95.1 Å². The number of aromatic nitrogens is 1. The van der Waals surface area contributed by atoms with E-state index < -0.39 is 15.8 Å². The zero-order chi connectivity index (χ0) is 31.5. The van der Waals surface area contributed by atoms with Crippen molar-refractivity contribution < 1.29 is 22.3 Å². The van der Waals surface area contributed by atoms with Crippen molar-refractivity contribution >= 4 is 21.6 Å². The molecule has 242 valence electrons. The molecule has 1 spiro atoms. The Hall–Kier alpha value is -2.76. The molecule has 1 N–H and O–H groups in total. The minimum atomic E-state index is -3.14. The minimum Gasteiger partial charge on any atom is -0.453 e. The smallest absolute Gasteiger partial charge is 0.257 e. The lowest BCUT2D eigenvalue weighted by atomic mass is 9.71. The summed E-state index contributed by atoms with van der Waals surface area (Å²) in [5.74, 6) is 0.923. The number of nitrogens with zero attached hydrogens (tertiary/aromatic N) is 4. The summed E-state index contributed by atoms with van der Waals surface area (Å²) in [6.45, 7) is 13.1. The molecule has 0 unspecified atom stereocenters. The van der Waals surface area contributed by atoms with Gasteiger partial charge in [0.15, 0.2) is 5.75 Å². The Morgan fingerprint density at radius 2 is 1.82 bits per heavy atom. The molecule has 2 aliphatic heterocycles. The molecule has 2 saturated heterocycles. The van der Waals surface area contributed by atoms with E-state index in [0.717, 1.165) is 76.9 Å². The molecule has 9 nitrogen and oxygen atoms in total. The van der Waals surface area contributed by atoms with Crippen molar-refractivity contribution in [2.75, 3.05) is 49.9 Å². The summed E-state index contributed by atoms with van der Waals surface area (Å²) in [6.07, 6.45) is 9.72. The van der Waals surface area contributed by atoms with Crippen molar-refractivity contribution in [2.24, 2.45) is 11.3 Å². The molecule has 3 fully saturated rings. The third kappa shape index (κ3) is 7.54. The van der Waals surface area contributed by atoms with Crippen LogP contribution in [-0.2, 0) is 10.0 Å². The number of hydrogen-bond donors (Lipinski definition) is 1. The molecular weight excluding hydrogens is 581 g/mol. The highest BCUT2D eigenvalue weighted by Gasteiger charge is 2.46. The highest BCUT2D eigenvalue weighted by atomic mass is 32.2. The molecule has 1 aromatic carbocycles. The molecular formula is C33H48FN5O4S. The van der Waals surface area contributed by atoms with E-state index in [1.807, 2.05) is 26.8 Å². The average Bonchev–Trinajstić information content (AvgIpc) is 2.99. The first kappa shape index (κ1) is 32.6.